The minimum atomic E-state index is 0.763. The fourth-order valence-corrected chi connectivity index (χ4v) is 6.56. The third-order valence-corrected chi connectivity index (χ3v) is 8.52. The second kappa shape index (κ2) is 14.3. The molecule has 0 spiro atoms. The van der Waals surface area contributed by atoms with Crippen LogP contribution in [0.4, 0.5) is 0 Å². The predicted molar refractivity (Wildman–Crippen MR) is 140 cm³/mol. The first-order valence-electron chi connectivity index (χ1n) is 14.5. The maximum Gasteiger partial charge on any atom is 0.119 e. The van der Waals surface area contributed by atoms with E-state index in [0.717, 1.165) is 42.4 Å². The third-order valence-electron chi connectivity index (χ3n) is 8.52. The molecule has 0 heterocycles. The van der Waals surface area contributed by atoms with Gasteiger partial charge in [0.05, 0.1) is 6.61 Å². The molecule has 0 atom stereocenters. The van der Waals surface area contributed by atoms with Gasteiger partial charge in [0.25, 0.3) is 0 Å². The van der Waals surface area contributed by atoms with Crippen molar-refractivity contribution in [2.45, 2.75) is 142 Å². The van der Waals surface area contributed by atoms with Crippen LogP contribution in [0, 0.1) is 11.8 Å². The third kappa shape index (κ3) is 7.81. The fraction of sp³-hybridized carbons (Fsp3) is 0.806. The molecule has 0 N–H and O–H groups in total. The molecule has 3 rings (SSSR count). The Hall–Kier alpha value is -0.980. The summed E-state index contributed by atoms with van der Waals surface area (Å²) < 4.78 is 6.08. The quantitative estimate of drug-likeness (QED) is 0.277. The van der Waals surface area contributed by atoms with E-state index in [9.17, 15) is 0 Å². The van der Waals surface area contributed by atoms with E-state index in [-0.39, 0.29) is 0 Å². The van der Waals surface area contributed by atoms with Crippen LogP contribution in [0.2, 0.25) is 0 Å². The molecule has 2 aliphatic rings. The second-order valence-electron chi connectivity index (χ2n) is 11.1. The summed E-state index contributed by atoms with van der Waals surface area (Å²) in [5.41, 5.74) is 3.35. The van der Waals surface area contributed by atoms with Gasteiger partial charge in [-0.2, -0.15) is 0 Å². The molecule has 0 bridgehead atoms. The Kier molecular flexibility index (Phi) is 11.5. The zero-order valence-electron chi connectivity index (χ0n) is 21.7. The van der Waals surface area contributed by atoms with Crippen molar-refractivity contribution in [3.63, 3.8) is 0 Å². The average Bonchev–Trinajstić information content (AvgIpc) is 2.84. The van der Waals surface area contributed by atoms with Crippen molar-refractivity contribution in [1.82, 2.24) is 0 Å². The molecule has 0 unspecified atom stereocenters. The first-order valence-corrected chi connectivity index (χ1v) is 14.5. The summed E-state index contributed by atoms with van der Waals surface area (Å²) in [4.78, 5) is 0. The summed E-state index contributed by atoms with van der Waals surface area (Å²) >= 11 is 0. The van der Waals surface area contributed by atoms with Crippen LogP contribution in [0.1, 0.15) is 153 Å². The van der Waals surface area contributed by atoms with Crippen molar-refractivity contribution < 1.29 is 4.74 Å². The van der Waals surface area contributed by atoms with E-state index < -0.39 is 0 Å². The molecular formula is C31H52O. The first kappa shape index (κ1) is 25.6. The van der Waals surface area contributed by atoms with Gasteiger partial charge in [0.1, 0.15) is 5.75 Å². The molecule has 0 aliphatic heterocycles. The van der Waals surface area contributed by atoms with Crippen molar-refractivity contribution in [2.75, 3.05) is 6.61 Å². The lowest BCUT2D eigenvalue weighted by molar-refractivity contribution is 0.290. The topological polar surface area (TPSA) is 9.23 Å². The number of unbranched alkanes of at least 4 members (excludes halogenated alkanes) is 4. The maximum absolute atomic E-state index is 6.08. The van der Waals surface area contributed by atoms with Crippen molar-refractivity contribution in [2.24, 2.45) is 11.8 Å². The summed E-state index contributed by atoms with van der Waals surface area (Å²) in [5.74, 6) is 4.64. The molecule has 2 saturated carbocycles. The smallest absolute Gasteiger partial charge is 0.119 e. The van der Waals surface area contributed by atoms with Crippen molar-refractivity contribution in [1.29, 1.82) is 0 Å². The molecular weight excluding hydrogens is 388 g/mol. The Morgan fingerprint density at radius 2 is 1.25 bits per heavy atom. The van der Waals surface area contributed by atoms with Crippen molar-refractivity contribution >= 4 is 0 Å². The predicted octanol–water partition coefficient (Wildman–Crippen LogP) is 10.2. The van der Waals surface area contributed by atoms with Crippen LogP contribution in [0.3, 0.4) is 0 Å². The molecule has 1 heteroatoms. The summed E-state index contributed by atoms with van der Waals surface area (Å²) in [6.07, 6.45) is 23.9. The maximum atomic E-state index is 6.08. The van der Waals surface area contributed by atoms with E-state index in [4.69, 9.17) is 4.74 Å². The first-order chi connectivity index (χ1) is 15.7. The molecule has 2 fully saturated rings. The Morgan fingerprint density at radius 3 is 1.88 bits per heavy atom. The van der Waals surface area contributed by atoms with E-state index in [1.54, 1.807) is 11.1 Å². The van der Waals surface area contributed by atoms with Gasteiger partial charge in [0, 0.05) is 0 Å². The van der Waals surface area contributed by atoms with Gasteiger partial charge in [-0.05, 0) is 105 Å². The number of hydrogen-bond acceptors (Lipinski definition) is 1. The zero-order chi connectivity index (χ0) is 22.6. The second-order valence-corrected chi connectivity index (χ2v) is 11.1. The molecule has 32 heavy (non-hydrogen) atoms. The SMILES string of the molecule is CCCCCCCC1CCC(c2ccc(OCCC)cc2C2CCC(CCC)CC2)CC1. The summed E-state index contributed by atoms with van der Waals surface area (Å²) in [6.45, 7) is 7.70. The highest BCUT2D eigenvalue weighted by Crippen LogP contribution is 2.45. The van der Waals surface area contributed by atoms with Crippen LogP contribution < -0.4 is 4.74 Å². The lowest BCUT2D eigenvalue weighted by Crippen LogP contribution is -2.18. The number of hydrogen-bond donors (Lipinski definition) is 0. The number of rotatable bonds is 13. The number of ether oxygens (including phenoxy) is 1. The summed E-state index contributed by atoms with van der Waals surface area (Å²) in [7, 11) is 0. The summed E-state index contributed by atoms with van der Waals surface area (Å²) in [6, 6.07) is 7.20. The van der Waals surface area contributed by atoms with Gasteiger partial charge in [-0.25, -0.2) is 0 Å². The molecule has 0 amide bonds. The molecule has 0 aromatic heterocycles. The van der Waals surface area contributed by atoms with Crippen LogP contribution in [0.15, 0.2) is 18.2 Å². The Labute approximate surface area is 200 Å². The van der Waals surface area contributed by atoms with Gasteiger partial charge in [0.15, 0.2) is 0 Å². The monoisotopic (exact) mass is 440 g/mol. The van der Waals surface area contributed by atoms with Crippen molar-refractivity contribution in [3.05, 3.63) is 29.3 Å². The lowest BCUT2D eigenvalue weighted by Gasteiger charge is -2.34. The van der Waals surface area contributed by atoms with Gasteiger partial charge in [-0.1, -0.05) is 78.2 Å². The molecule has 2 aliphatic carbocycles. The van der Waals surface area contributed by atoms with Crippen LogP contribution in [-0.4, -0.2) is 6.61 Å². The minimum absolute atomic E-state index is 0.763. The zero-order valence-corrected chi connectivity index (χ0v) is 21.7. The fourth-order valence-electron chi connectivity index (χ4n) is 6.56. The van der Waals surface area contributed by atoms with Crippen LogP contribution in [-0.2, 0) is 0 Å². The Bertz CT molecular complexity index is 619. The molecule has 1 nitrogen and oxygen atoms in total. The average molecular weight is 441 g/mol. The van der Waals surface area contributed by atoms with Gasteiger partial charge in [-0.3, -0.25) is 0 Å². The van der Waals surface area contributed by atoms with E-state index >= 15 is 0 Å². The molecule has 0 radical (unpaired) electrons. The highest BCUT2D eigenvalue weighted by Gasteiger charge is 2.28. The highest BCUT2D eigenvalue weighted by atomic mass is 16.5. The van der Waals surface area contributed by atoms with Crippen LogP contribution >= 0.6 is 0 Å². The van der Waals surface area contributed by atoms with Gasteiger partial charge >= 0.3 is 0 Å². The van der Waals surface area contributed by atoms with E-state index in [2.05, 4.69) is 39.0 Å². The lowest BCUT2D eigenvalue weighted by atomic mass is 9.71. The molecule has 1 aromatic rings. The van der Waals surface area contributed by atoms with Gasteiger partial charge in [0.2, 0.25) is 0 Å². The molecule has 182 valence electrons. The minimum Gasteiger partial charge on any atom is -0.494 e. The van der Waals surface area contributed by atoms with Gasteiger partial charge in [-0.15, -0.1) is 0 Å². The Balaban J connectivity index is 1.60. The highest BCUT2D eigenvalue weighted by molar-refractivity contribution is 5.40. The normalized spacial score (nSPS) is 26.2. The Morgan fingerprint density at radius 1 is 0.625 bits per heavy atom. The largest absolute Gasteiger partial charge is 0.494 e. The van der Waals surface area contributed by atoms with Crippen LogP contribution in [0.5, 0.6) is 5.75 Å². The molecule has 1 aromatic carbocycles. The van der Waals surface area contributed by atoms with E-state index in [0.29, 0.717) is 0 Å². The van der Waals surface area contributed by atoms with E-state index in [1.807, 2.05) is 0 Å². The summed E-state index contributed by atoms with van der Waals surface area (Å²) in [5, 5.41) is 0. The standard InChI is InChI=1S/C31H52O/c1-4-7-8-9-10-12-26-15-17-27(18-16-26)30-22-21-29(32-23-6-3)24-31(30)28-19-13-25(11-5-2)14-20-28/h21-22,24-28H,4-20,23H2,1-3H3. The molecule has 0 saturated heterocycles. The van der Waals surface area contributed by atoms with Gasteiger partial charge < -0.3 is 4.74 Å². The number of benzene rings is 1. The van der Waals surface area contributed by atoms with E-state index in [1.165, 1.54) is 103 Å². The van der Waals surface area contributed by atoms with Crippen molar-refractivity contribution in [3.8, 4) is 5.75 Å². The van der Waals surface area contributed by atoms with Crippen LogP contribution in [0.25, 0.3) is 0 Å².